The van der Waals surface area contributed by atoms with Crippen molar-refractivity contribution in [1.29, 1.82) is 0 Å². The average Bonchev–Trinajstić information content (AvgIpc) is 2.21. The molecule has 0 aromatic carbocycles. The van der Waals surface area contributed by atoms with Crippen LogP contribution in [-0.2, 0) is 14.4 Å². The predicted molar refractivity (Wildman–Crippen MR) is 54.7 cm³/mol. The van der Waals surface area contributed by atoms with E-state index < -0.39 is 17.7 Å². The molecule has 0 unspecified atom stereocenters. The molecule has 6 nitrogen and oxygen atoms in total. The Morgan fingerprint density at radius 1 is 1.47 bits per heavy atom. The highest BCUT2D eigenvalue weighted by Gasteiger charge is 2.23. The molecule has 0 aliphatic carbocycles. The molecule has 0 aliphatic heterocycles. The third-order valence-electron chi connectivity index (χ3n) is 1.58. The van der Waals surface area contributed by atoms with Crippen molar-refractivity contribution < 1.29 is 14.4 Å². The molecule has 0 aromatic rings. The van der Waals surface area contributed by atoms with Gasteiger partial charge in [0.25, 0.3) is 0 Å². The largest absolute Gasteiger partial charge is 0.344 e. The van der Waals surface area contributed by atoms with Crippen molar-refractivity contribution in [3.8, 4) is 0 Å². The molecule has 3 N–H and O–H groups in total. The molecule has 0 bridgehead atoms. The topological polar surface area (TPSA) is 92.5 Å². The van der Waals surface area contributed by atoms with E-state index in [-0.39, 0.29) is 19.6 Å². The summed E-state index contributed by atoms with van der Waals surface area (Å²) in [4.78, 5) is 34.4. The van der Waals surface area contributed by atoms with Crippen LogP contribution < -0.4 is 11.1 Å². The number of nitrogens with two attached hydrogens (primary N) is 1. The molecule has 0 saturated carbocycles. The first-order valence-corrected chi connectivity index (χ1v) is 4.45. The fourth-order valence-electron chi connectivity index (χ4n) is 0.894. The zero-order valence-corrected chi connectivity index (χ0v) is 8.66. The van der Waals surface area contributed by atoms with Gasteiger partial charge in [0.15, 0.2) is 0 Å². The van der Waals surface area contributed by atoms with Crippen LogP contribution in [0.3, 0.4) is 0 Å². The van der Waals surface area contributed by atoms with Gasteiger partial charge in [0.1, 0.15) is 0 Å². The van der Waals surface area contributed by atoms with Gasteiger partial charge in [-0.2, -0.15) is 0 Å². The molecular formula is C9H15N3O3. The van der Waals surface area contributed by atoms with Crippen LogP contribution in [0.15, 0.2) is 12.7 Å². The number of carbonyl (C=O) groups is 3. The molecule has 0 spiro atoms. The first kappa shape index (κ1) is 13.3. The summed E-state index contributed by atoms with van der Waals surface area (Å²) in [5.41, 5.74) is 5.21. The highest BCUT2D eigenvalue weighted by atomic mass is 16.2. The maximum absolute atomic E-state index is 11.4. The predicted octanol–water partition coefficient (Wildman–Crippen LogP) is -1.38. The monoisotopic (exact) mass is 213 g/mol. The minimum absolute atomic E-state index is 0.0374. The van der Waals surface area contributed by atoms with E-state index in [2.05, 4.69) is 11.9 Å². The molecule has 3 amide bonds. The van der Waals surface area contributed by atoms with E-state index >= 15 is 0 Å². The lowest BCUT2D eigenvalue weighted by Crippen LogP contribution is -2.47. The summed E-state index contributed by atoms with van der Waals surface area (Å²) in [5, 5.41) is 2.28. The number of hydrogen-bond acceptors (Lipinski definition) is 4. The van der Waals surface area contributed by atoms with Crippen LogP contribution in [0.4, 0.5) is 0 Å². The summed E-state index contributed by atoms with van der Waals surface area (Å²) < 4.78 is 0. The molecule has 0 aromatic heterocycles. The first-order valence-electron chi connectivity index (χ1n) is 4.45. The summed E-state index contributed by atoms with van der Waals surface area (Å²) >= 11 is 0. The molecule has 6 heteroatoms. The van der Waals surface area contributed by atoms with Crippen molar-refractivity contribution in [2.45, 2.75) is 6.92 Å². The van der Waals surface area contributed by atoms with Gasteiger partial charge >= 0.3 is 11.8 Å². The fourth-order valence-corrected chi connectivity index (χ4v) is 0.894. The number of imide groups is 1. The van der Waals surface area contributed by atoms with Crippen molar-refractivity contribution >= 4 is 17.7 Å². The van der Waals surface area contributed by atoms with E-state index in [1.165, 1.54) is 13.0 Å². The second-order valence-electron chi connectivity index (χ2n) is 2.76. The van der Waals surface area contributed by atoms with E-state index in [0.717, 1.165) is 4.90 Å². The number of nitrogens with one attached hydrogen (secondary N) is 1. The lowest BCUT2D eigenvalue weighted by atomic mass is 10.4. The zero-order chi connectivity index (χ0) is 11.8. The third-order valence-corrected chi connectivity index (χ3v) is 1.58. The second-order valence-corrected chi connectivity index (χ2v) is 2.76. The summed E-state index contributed by atoms with van der Waals surface area (Å²) in [7, 11) is 0. The van der Waals surface area contributed by atoms with Gasteiger partial charge in [-0.1, -0.05) is 6.08 Å². The summed E-state index contributed by atoms with van der Waals surface area (Å²) in [6.45, 7) is 4.93. The Bertz CT molecular complexity index is 276. The fraction of sp³-hybridized carbons (Fsp3) is 0.444. The van der Waals surface area contributed by atoms with E-state index in [1.54, 1.807) is 0 Å². The van der Waals surface area contributed by atoms with Crippen LogP contribution in [0.5, 0.6) is 0 Å². The molecule has 0 radical (unpaired) electrons. The van der Waals surface area contributed by atoms with Crippen LogP contribution in [0.25, 0.3) is 0 Å². The van der Waals surface area contributed by atoms with Crippen molar-refractivity contribution in [2.75, 3.05) is 19.6 Å². The molecule has 0 atom stereocenters. The molecule has 0 aliphatic rings. The van der Waals surface area contributed by atoms with Crippen LogP contribution in [0, 0.1) is 0 Å². The van der Waals surface area contributed by atoms with Crippen molar-refractivity contribution in [3.63, 3.8) is 0 Å². The van der Waals surface area contributed by atoms with Crippen LogP contribution in [0.1, 0.15) is 6.92 Å². The second kappa shape index (κ2) is 6.72. The summed E-state index contributed by atoms with van der Waals surface area (Å²) in [6, 6.07) is 0. The standard InChI is InChI=1S/C9H15N3O3/c1-3-5-11-8(14)9(15)12(6-4-10)7(2)13/h3H,1,4-6,10H2,2H3,(H,11,14). The van der Waals surface area contributed by atoms with Crippen LogP contribution >= 0.6 is 0 Å². The van der Waals surface area contributed by atoms with E-state index in [4.69, 9.17) is 5.73 Å². The van der Waals surface area contributed by atoms with Gasteiger partial charge in [-0.3, -0.25) is 19.3 Å². The maximum atomic E-state index is 11.4. The molecule has 0 heterocycles. The highest BCUT2D eigenvalue weighted by molar-refractivity contribution is 6.37. The van der Waals surface area contributed by atoms with Gasteiger partial charge in [-0.05, 0) is 0 Å². The Balaban J connectivity index is 4.42. The zero-order valence-electron chi connectivity index (χ0n) is 8.66. The molecule has 0 fully saturated rings. The quantitative estimate of drug-likeness (QED) is 0.445. The Morgan fingerprint density at radius 3 is 2.47 bits per heavy atom. The number of carbonyl (C=O) groups excluding carboxylic acids is 3. The SMILES string of the molecule is C=CCNC(=O)C(=O)N(CCN)C(C)=O. The first-order chi connectivity index (χ1) is 7.04. The lowest BCUT2D eigenvalue weighted by molar-refractivity contribution is -0.151. The smallest absolute Gasteiger partial charge is 0.318 e. The number of hydrogen-bond donors (Lipinski definition) is 2. The number of rotatable bonds is 4. The minimum Gasteiger partial charge on any atom is -0.344 e. The Kier molecular flexibility index (Phi) is 5.96. The van der Waals surface area contributed by atoms with Crippen LogP contribution in [0.2, 0.25) is 0 Å². The highest BCUT2D eigenvalue weighted by Crippen LogP contribution is 1.90. The Morgan fingerprint density at radius 2 is 2.07 bits per heavy atom. The molecule has 84 valence electrons. The van der Waals surface area contributed by atoms with Gasteiger partial charge in [0.2, 0.25) is 5.91 Å². The molecule has 0 saturated heterocycles. The van der Waals surface area contributed by atoms with E-state index in [0.29, 0.717) is 0 Å². The van der Waals surface area contributed by atoms with E-state index in [9.17, 15) is 14.4 Å². The van der Waals surface area contributed by atoms with Crippen molar-refractivity contribution in [3.05, 3.63) is 12.7 Å². The molecule has 15 heavy (non-hydrogen) atoms. The molecule has 0 rings (SSSR count). The van der Waals surface area contributed by atoms with Gasteiger partial charge in [-0.25, -0.2) is 0 Å². The maximum Gasteiger partial charge on any atom is 0.318 e. The summed E-state index contributed by atoms with van der Waals surface area (Å²) in [6.07, 6.45) is 1.44. The minimum atomic E-state index is -0.894. The van der Waals surface area contributed by atoms with Crippen molar-refractivity contribution in [2.24, 2.45) is 5.73 Å². The normalized spacial score (nSPS) is 9.20. The number of amides is 3. The van der Waals surface area contributed by atoms with Crippen molar-refractivity contribution in [1.82, 2.24) is 10.2 Å². The molecular weight excluding hydrogens is 198 g/mol. The van der Waals surface area contributed by atoms with Crippen LogP contribution in [-0.4, -0.2) is 42.3 Å². The Hall–Kier alpha value is -1.69. The summed E-state index contributed by atoms with van der Waals surface area (Å²) in [5.74, 6) is -2.23. The third kappa shape index (κ3) is 4.37. The number of nitrogens with zero attached hydrogens (tertiary/aromatic N) is 1. The van der Waals surface area contributed by atoms with Gasteiger partial charge in [0.05, 0.1) is 0 Å². The average molecular weight is 213 g/mol. The van der Waals surface area contributed by atoms with E-state index in [1.807, 2.05) is 0 Å². The van der Waals surface area contributed by atoms with Gasteiger partial charge in [-0.15, -0.1) is 6.58 Å². The lowest BCUT2D eigenvalue weighted by Gasteiger charge is -2.16. The van der Waals surface area contributed by atoms with Gasteiger partial charge < -0.3 is 11.1 Å². The Labute approximate surface area is 88.1 Å². The van der Waals surface area contributed by atoms with Gasteiger partial charge in [0, 0.05) is 26.6 Å².